The van der Waals surface area contributed by atoms with Crippen molar-refractivity contribution in [3.8, 4) is 0 Å². The van der Waals surface area contributed by atoms with Crippen LogP contribution in [0.1, 0.15) is 12.0 Å². The summed E-state index contributed by atoms with van der Waals surface area (Å²) >= 11 is 0. The second-order valence-corrected chi connectivity index (χ2v) is 4.96. The monoisotopic (exact) mass is 262 g/mol. The molecule has 1 saturated heterocycles. The SMILES string of the molecule is CN1CCC(C(=O)Nc2ccccc2CC(=O)O)C1. The van der Waals surface area contributed by atoms with Crippen LogP contribution in [0.2, 0.25) is 0 Å². The predicted octanol–water partition coefficient (Wildman–Crippen LogP) is 1.20. The first kappa shape index (κ1) is 13.5. The van der Waals surface area contributed by atoms with Gasteiger partial charge in [0.15, 0.2) is 0 Å². The Bertz CT molecular complexity index is 487. The van der Waals surface area contributed by atoms with E-state index in [-0.39, 0.29) is 18.2 Å². The number of carbonyl (C=O) groups excluding carboxylic acids is 1. The van der Waals surface area contributed by atoms with Crippen molar-refractivity contribution in [2.24, 2.45) is 5.92 Å². The van der Waals surface area contributed by atoms with Gasteiger partial charge in [0.05, 0.1) is 12.3 Å². The summed E-state index contributed by atoms with van der Waals surface area (Å²) < 4.78 is 0. The number of nitrogens with one attached hydrogen (secondary N) is 1. The van der Waals surface area contributed by atoms with Crippen molar-refractivity contribution in [1.29, 1.82) is 0 Å². The Balaban J connectivity index is 2.06. The van der Waals surface area contributed by atoms with E-state index >= 15 is 0 Å². The average molecular weight is 262 g/mol. The molecule has 0 spiro atoms. The molecule has 1 fully saturated rings. The molecule has 1 aliphatic heterocycles. The van der Waals surface area contributed by atoms with E-state index in [0.29, 0.717) is 11.3 Å². The van der Waals surface area contributed by atoms with Crippen LogP contribution in [0.5, 0.6) is 0 Å². The highest BCUT2D eigenvalue weighted by Gasteiger charge is 2.26. The molecule has 0 bridgehead atoms. The average Bonchev–Trinajstić information content (AvgIpc) is 2.78. The molecule has 0 aromatic heterocycles. The van der Waals surface area contributed by atoms with Gasteiger partial charge in [-0.25, -0.2) is 0 Å². The number of hydrogen-bond acceptors (Lipinski definition) is 3. The van der Waals surface area contributed by atoms with Crippen molar-refractivity contribution in [2.75, 3.05) is 25.5 Å². The number of carboxylic acid groups (broad SMARTS) is 1. The first-order valence-electron chi connectivity index (χ1n) is 6.35. The third-order valence-electron chi connectivity index (χ3n) is 3.38. The molecular weight excluding hydrogens is 244 g/mol. The molecule has 1 amide bonds. The van der Waals surface area contributed by atoms with Gasteiger partial charge in [0, 0.05) is 12.2 Å². The van der Waals surface area contributed by atoms with Crippen LogP contribution in [-0.2, 0) is 16.0 Å². The minimum Gasteiger partial charge on any atom is -0.481 e. The van der Waals surface area contributed by atoms with Crippen LogP contribution in [0.15, 0.2) is 24.3 Å². The molecule has 5 nitrogen and oxygen atoms in total. The maximum absolute atomic E-state index is 12.1. The van der Waals surface area contributed by atoms with Crippen molar-refractivity contribution in [3.05, 3.63) is 29.8 Å². The molecule has 1 unspecified atom stereocenters. The van der Waals surface area contributed by atoms with Crippen LogP contribution in [0, 0.1) is 5.92 Å². The molecule has 1 heterocycles. The van der Waals surface area contributed by atoms with Crippen molar-refractivity contribution in [1.82, 2.24) is 4.90 Å². The summed E-state index contributed by atoms with van der Waals surface area (Å²) in [6, 6.07) is 7.04. The third kappa shape index (κ3) is 3.54. The first-order chi connectivity index (χ1) is 9.06. The Kier molecular flexibility index (Phi) is 4.16. The van der Waals surface area contributed by atoms with E-state index in [9.17, 15) is 9.59 Å². The van der Waals surface area contributed by atoms with Crippen molar-refractivity contribution >= 4 is 17.6 Å². The summed E-state index contributed by atoms with van der Waals surface area (Å²) in [5.41, 5.74) is 1.24. The number of anilines is 1. The molecule has 0 aliphatic carbocycles. The zero-order chi connectivity index (χ0) is 13.8. The van der Waals surface area contributed by atoms with Crippen LogP contribution >= 0.6 is 0 Å². The number of carboxylic acids is 1. The highest BCUT2D eigenvalue weighted by atomic mass is 16.4. The maximum atomic E-state index is 12.1. The second-order valence-electron chi connectivity index (χ2n) is 4.96. The lowest BCUT2D eigenvalue weighted by atomic mass is 10.1. The van der Waals surface area contributed by atoms with E-state index < -0.39 is 5.97 Å². The van der Waals surface area contributed by atoms with E-state index in [2.05, 4.69) is 10.2 Å². The predicted molar refractivity (Wildman–Crippen MR) is 72.0 cm³/mol. The molecule has 0 radical (unpaired) electrons. The van der Waals surface area contributed by atoms with Crippen LogP contribution < -0.4 is 5.32 Å². The van der Waals surface area contributed by atoms with E-state index in [1.54, 1.807) is 24.3 Å². The molecule has 0 saturated carbocycles. The number of benzene rings is 1. The van der Waals surface area contributed by atoms with Crippen LogP contribution in [0.4, 0.5) is 5.69 Å². The lowest BCUT2D eigenvalue weighted by Crippen LogP contribution is -2.26. The molecule has 2 N–H and O–H groups in total. The largest absolute Gasteiger partial charge is 0.481 e. The third-order valence-corrected chi connectivity index (χ3v) is 3.38. The van der Waals surface area contributed by atoms with E-state index in [4.69, 9.17) is 5.11 Å². The van der Waals surface area contributed by atoms with Crippen LogP contribution in [0.25, 0.3) is 0 Å². The van der Waals surface area contributed by atoms with E-state index in [1.807, 2.05) is 7.05 Å². The summed E-state index contributed by atoms with van der Waals surface area (Å²) in [6.45, 7) is 1.68. The Labute approximate surface area is 112 Å². The number of rotatable bonds is 4. The Morgan fingerprint density at radius 3 is 2.79 bits per heavy atom. The minimum atomic E-state index is -0.901. The minimum absolute atomic E-state index is 0.0112. The summed E-state index contributed by atoms with van der Waals surface area (Å²) in [5, 5.41) is 11.7. The molecule has 102 valence electrons. The topological polar surface area (TPSA) is 69.6 Å². The standard InChI is InChI=1S/C14H18N2O3/c1-16-7-6-11(9-16)14(19)15-12-5-3-2-4-10(12)8-13(17)18/h2-5,11H,6-9H2,1H3,(H,15,19)(H,17,18). The van der Waals surface area contributed by atoms with Gasteiger partial charge in [-0.3, -0.25) is 9.59 Å². The smallest absolute Gasteiger partial charge is 0.307 e. The van der Waals surface area contributed by atoms with Gasteiger partial charge in [-0.1, -0.05) is 18.2 Å². The summed E-state index contributed by atoms with van der Waals surface area (Å²) in [7, 11) is 1.99. The van der Waals surface area contributed by atoms with Gasteiger partial charge in [0.1, 0.15) is 0 Å². The highest BCUT2D eigenvalue weighted by molar-refractivity contribution is 5.94. The van der Waals surface area contributed by atoms with E-state index in [0.717, 1.165) is 19.5 Å². The van der Waals surface area contributed by atoms with Gasteiger partial charge in [-0.2, -0.15) is 0 Å². The zero-order valence-electron chi connectivity index (χ0n) is 10.9. The number of likely N-dealkylation sites (tertiary alicyclic amines) is 1. The molecule has 1 aromatic rings. The summed E-state index contributed by atoms with van der Waals surface area (Å²) in [5.74, 6) is -0.938. The molecule has 1 aromatic carbocycles. The van der Waals surface area contributed by atoms with Gasteiger partial charge < -0.3 is 15.3 Å². The molecule has 2 rings (SSSR count). The maximum Gasteiger partial charge on any atom is 0.307 e. The molecule has 1 aliphatic rings. The number of amides is 1. The molecule has 19 heavy (non-hydrogen) atoms. The first-order valence-corrected chi connectivity index (χ1v) is 6.35. The van der Waals surface area contributed by atoms with Gasteiger partial charge in [-0.15, -0.1) is 0 Å². The lowest BCUT2D eigenvalue weighted by Gasteiger charge is -2.13. The van der Waals surface area contributed by atoms with E-state index in [1.165, 1.54) is 0 Å². The number of para-hydroxylation sites is 1. The number of nitrogens with zero attached hydrogens (tertiary/aromatic N) is 1. The Morgan fingerprint density at radius 1 is 1.42 bits per heavy atom. The number of carbonyl (C=O) groups is 2. The fourth-order valence-electron chi connectivity index (χ4n) is 2.34. The normalized spacial score (nSPS) is 19.3. The van der Waals surface area contributed by atoms with Gasteiger partial charge >= 0.3 is 5.97 Å². The second kappa shape index (κ2) is 5.84. The summed E-state index contributed by atoms with van der Waals surface area (Å²) in [6.07, 6.45) is 0.768. The molecular formula is C14H18N2O3. The molecule has 5 heteroatoms. The van der Waals surface area contributed by atoms with Crippen molar-refractivity contribution in [2.45, 2.75) is 12.8 Å². The van der Waals surface area contributed by atoms with Gasteiger partial charge in [-0.05, 0) is 31.6 Å². The Hall–Kier alpha value is -1.88. The van der Waals surface area contributed by atoms with Gasteiger partial charge in [0.25, 0.3) is 0 Å². The quantitative estimate of drug-likeness (QED) is 0.855. The fourth-order valence-corrected chi connectivity index (χ4v) is 2.34. The van der Waals surface area contributed by atoms with Crippen LogP contribution in [-0.4, -0.2) is 42.0 Å². The zero-order valence-corrected chi connectivity index (χ0v) is 10.9. The summed E-state index contributed by atoms with van der Waals surface area (Å²) in [4.78, 5) is 25.0. The lowest BCUT2D eigenvalue weighted by molar-refractivity contribution is -0.136. The number of aliphatic carboxylic acids is 1. The van der Waals surface area contributed by atoms with Crippen molar-refractivity contribution < 1.29 is 14.7 Å². The highest BCUT2D eigenvalue weighted by Crippen LogP contribution is 2.20. The Morgan fingerprint density at radius 2 is 2.16 bits per heavy atom. The van der Waals surface area contributed by atoms with Crippen molar-refractivity contribution in [3.63, 3.8) is 0 Å². The molecule has 1 atom stereocenters. The van der Waals surface area contributed by atoms with Crippen LogP contribution in [0.3, 0.4) is 0 Å². The number of hydrogen-bond donors (Lipinski definition) is 2. The van der Waals surface area contributed by atoms with Gasteiger partial charge in [0.2, 0.25) is 5.91 Å². The fraction of sp³-hybridized carbons (Fsp3) is 0.429.